The van der Waals surface area contributed by atoms with E-state index in [-0.39, 0.29) is 0 Å². The molecule has 2 aliphatic carbocycles. The Hall–Kier alpha value is -1.70. The van der Waals surface area contributed by atoms with E-state index in [2.05, 4.69) is 22.4 Å². The summed E-state index contributed by atoms with van der Waals surface area (Å²) in [5, 5.41) is 8.38. The molecule has 0 fully saturated rings. The lowest BCUT2D eigenvalue weighted by molar-refractivity contribution is 1.19. The predicted molar refractivity (Wildman–Crippen MR) is 60.7 cm³/mol. The quantitative estimate of drug-likeness (QED) is 0.560. The maximum atomic E-state index is 4.19. The van der Waals surface area contributed by atoms with Crippen molar-refractivity contribution in [3.63, 3.8) is 0 Å². The fourth-order valence-electron chi connectivity index (χ4n) is 1.28. The second kappa shape index (κ2) is 4.51. The molecule has 0 amide bonds. The molecule has 0 bridgehead atoms. The molecule has 0 aromatic carbocycles. The minimum atomic E-state index is 0.882. The number of nitrogens with zero attached hydrogens (tertiary/aromatic N) is 2. The fraction of sp³-hybridized carbons (Fsp3) is 0.167. The van der Waals surface area contributed by atoms with Gasteiger partial charge in [-0.15, -0.1) is 0 Å². The second-order valence-corrected chi connectivity index (χ2v) is 3.17. The second-order valence-electron chi connectivity index (χ2n) is 3.17. The molecule has 70 valence electrons. The summed E-state index contributed by atoms with van der Waals surface area (Å²) < 4.78 is 0. The highest BCUT2D eigenvalue weighted by Gasteiger charge is 1.96. The van der Waals surface area contributed by atoms with Crippen molar-refractivity contribution in [2.75, 3.05) is 0 Å². The van der Waals surface area contributed by atoms with Crippen LogP contribution in [0.4, 0.5) is 0 Å². The van der Waals surface area contributed by atoms with Gasteiger partial charge in [0.2, 0.25) is 0 Å². The van der Waals surface area contributed by atoms with Gasteiger partial charge in [-0.05, 0) is 12.2 Å². The van der Waals surface area contributed by atoms with Crippen molar-refractivity contribution in [2.24, 2.45) is 10.2 Å². The molecule has 0 N–H and O–H groups in total. The zero-order valence-electron chi connectivity index (χ0n) is 7.93. The van der Waals surface area contributed by atoms with E-state index in [1.165, 1.54) is 0 Å². The lowest BCUT2D eigenvalue weighted by Crippen LogP contribution is -1.96. The van der Waals surface area contributed by atoms with Gasteiger partial charge in [-0.25, -0.2) is 0 Å². The summed E-state index contributed by atoms with van der Waals surface area (Å²) in [6.07, 6.45) is 17.9. The van der Waals surface area contributed by atoms with Crippen LogP contribution in [0.1, 0.15) is 12.8 Å². The number of hydrogen-bond acceptors (Lipinski definition) is 2. The smallest absolute Gasteiger partial charge is 0.0668 e. The molecule has 0 atom stereocenters. The van der Waals surface area contributed by atoms with E-state index in [4.69, 9.17) is 0 Å². The fourth-order valence-corrected chi connectivity index (χ4v) is 1.28. The molecule has 0 saturated carbocycles. The normalized spacial score (nSPS) is 25.1. The third-order valence-electron chi connectivity index (χ3n) is 2.03. The molecule has 0 radical (unpaired) electrons. The van der Waals surface area contributed by atoms with E-state index in [1.807, 2.05) is 36.5 Å². The van der Waals surface area contributed by atoms with Crippen LogP contribution in [0.3, 0.4) is 0 Å². The van der Waals surface area contributed by atoms with E-state index in [1.54, 1.807) is 0 Å². The molecule has 0 unspecified atom stereocenters. The zero-order chi connectivity index (χ0) is 9.64. The van der Waals surface area contributed by atoms with Crippen molar-refractivity contribution >= 4 is 11.4 Å². The SMILES string of the molecule is C1=CC/C(=N/N=C2\C=CC=CC2)C=C1. The molecule has 0 heterocycles. The van der Waals surface area contributed by atoms with Gasteiger partial charge in [0.25, 0.3) is 0 Å². The molecule has 2 heteroatoms. The van der Waals surface area contributed by atoms with Gasteiger partial charge in [-0.2, -0.15) is 10.2 Å². The van der Waals surface area contributed by atoms with Crippen molar-refractivity contribution in [3.8, 4) is 0 Å². The molecule has 2 rings (SSSR count). The van der Waals surface area contributed by atoms with Gasteiger partial charge >= 0.3 is 0 Å². The first-order chi connectivity index (χ1) is 6.95. The van der Waals surface area contributed by atoms with Crippen molar-refractivity contribution in [1.82, 2.24) is 0 Å². The Morgan fingerprint density at radius 1 is 0.714 bits per heavy atom. The van der Waals surface area contributed by atoms with Crippen molar-refractivity contribution in [1.29, 1.82) is 0 Å². The average Bonchev–Trinajstić information content (AvgIpc) is 2.29. The maximum absolute atomic E-state index is 4.19. The van der Waals surface area contributed by atoms with E-state index >= 15 is 0 Å². The number of hydrogen-bond donors (Lipinski definition) is 0. The summed E-state index contributed by atoms with van der Waals surface area (Å²) >= 11 is 0. The van der Waals surface area contributed by atoms with Gasteiger partial charge in [0, 0.05) is 12.8 Å². The molecule has 14 heavy (non-hydrogen) atoms. The minimum absolute atomic E-state index is 0.882. The van der Waals surface area contributed by atoms with E-state index in [0.717, 1.165) is 24.3 Å². The van der Waals surface area contributed by atoms with Crippen LogP contribution in [0.25, 0.3) is 0 Å². The van der Waals surface area contributed by atoms with Gasteiger partial charge in [0.1, 0.15) is 0 Å². The molecule has 0 saturated heterocycles. The third-order valence-corrected chi connectivity index (χ3v) is 2.03. The molecule has 2 nitrogen and oxygen atoms in total. The summed E-state index contributed by atoms with van der Waals surface area (Å²) in [7, 11) is 0. The molecule has 2 aliphatic rings. The Morgan fingerprint density at radius 2 is 1.21 bits per heavy atom. The van der Waals surface area contributed by atoms with Crippen molar-refractivity contribution in [2.45, 2.75) is 12.8 Å². The lowest BCUT2D eigenvalue weighted by Gasteiger charge is -2.00. The van der Waals surface area contributed by atoms with Crippen molar-refractivity contribution < 1.29 is 0 Å². The molecular weight excluding hydrogens is 172 g/mol. The van der Waals surface area contributed by atoms with Crippen LogP contribution < -0.4 is 0 Å². The van der Waals surface area contributed by atoms with Crippen LogP contribution in [-0.2, 0) is 0 Å². The van der Waals surface area contributed by atoms with E-state index in [0.29, 0.717) is 0 Å². The highest BCUT2D eigenvalue weighted by molar-refractivity contribution is 6.00. The van der Waals surface area contributed by atoms with E-state index in [9.17, 15) is 0 Å². The van der Waals surface area contributed by atoms with Crippen LogP contribution >= 0.6 is 0 Å². The van der Waals surface area contributed by atoms with Gasteiger partial charge in [0.15, 0.2) is 0 Å². The highest BCUT2D eigenvalue weighted by atomic mass is 15.2. The van der Waals surface area contributed by atoms with Crippen LogP contribution in [0, 0.1) is 0 Å². The van der Waals surface area contributed by atoms with Crippen LogP contribution in [-0.4, -0.2) is 11.4 Å². The van der Waals surface area contributed by atoms with E-state index < -0.39 is 0 Å². The average molecular weight is 184 g/mol. The lowest BCUT2D eigenvalue weighted by atomic mass is 10.1. The molecular formula is C12H12N2. The van der Waals surface area contributed by atoms with Gasteiger partial charge in [-0.3, -0.25) is 0 Å². The molecule has 0 spiro atoms. The minimum Gasteiger partial charge on any atom is -0.155 e. The Kier molecular flexibility index (Phi) is 2.86. The summed E-state index contributed by atoms with van der Waals surface area (Å²) in [6.45, 7) is 0. The Labute approximate surface area is 83.7 Å². The standard InChI is InChI=1S/C12H12N2/c1-3-7-11(8-4-1)13-14-12-9-5-2-6-10-12/h1-7,9H,8,10H2/b13-11+,14-12+. The molecule has 0 aromatic heterocycles. The van der Waals surface area contributed by atoms with Crippen LogP contribution in [0.2, 0.25) is 0 Å². The van der Waals surface area contributed by atoms with Gasteiger partial charge < -0.3 is 0 Å². The number of allylic oxidation sites excluding steroid dienone is 8. The predicted octanol–water partition coefficient (Wildman–Crippen LogP) is 2.82. The third kappa shape index (κ3) is 2.39. The van der Waals surface area contributed by atoms with Crippen molar-refractivity contribution in [3.05, 3.63) is 48.6 Å². The Morgan fingerprint density at radius 3 is 1.57 bits per heavy atom. The van der Waals surface area contributed by atoms with Gasteiger partial charge in [-0.1, -0.05) is 36.5 Å². The first-order valence-electron chi connectivity index (χ1n) is 4.75. The molecule has 0 aromatic rings. The Bertz CT molecular complexity index is 341. The topological polar surface area (TPSA) is 24.7 Å². The summed E-state index contributed by atoms with van der Waals surface area (Å²) in [6, 6.07) is 0. The first kappa shape index (κ1) is 8.88. The molecule has 0 aliphatic heterocycles. The highest BCUT2D eigenvalue weighted by Crippen LogP contribution is 2.03. The summed E-state index contributed by atoms with van der Waals surface area (Å²) in [5.41, 5.74) is 2.03. The Balaban J connectivity index is 2.04. The summed E-state index contributed by atoms with van der Waals surface area (Å²) in [4.78, 5) is 0. The van der Waals surface area contributed by atoms with Crippen LogP contribution in [0.5, 0.6) is 0 Å². The summed E-state index contributed by atoms with van der Waals surface area (Å²) in [5.74, 6) is 0. The van der Waals surface area contributed by atoms with Crippen LogP contribution in [0.15, 0.2) is 58.8 Å². The zero-order valence-corrected chi connectivity index (χ0v) is 7.93. The maximum Gasteiger partial charge on any atom is 0.0668 e. The monoisotopic (exact) mass is 184 g/mol. The largest absolute Gasteiger partial charge is 0.155 e. The number of rotatable bonds is 1. The first-order valence-corrected chi connectivity index (χ1v) is 4.75. The van der Waals surface area contributed by atoms with Gasteiger partial charge in [0.05, 0.1) is 11.4 Å².